The van der Waals surface area contributed by atoms with Crippen LogP contribution in [0.25, 0.3) is 11.0 Å². The number of nitrogens with zero attached hydrogens (tertiary/aromatic N) is 5. The molecule has 2 N–H and O–H groups in total. The van der Waals surface area contributed by atoms with Gasteiger partial charge in [-0.25, -0.2) is 4.68 Å². The Morgan fingerprint density at radius 1 is 1.17 bits per heavy atom. The van der Waals surface area contributed by atoms with E-state index in [9.17, 15) is 24.3 Å². The molecule has 13 nitrogen and oxygen atoms in total. The molecule has 5 heterocycles. The van der Waals surface area contributed by atoms with Crippen LogP contribution >= 0.6 is 0 Å². The summed E-state index contributed by atoms with van der Waals surface area (Å²) in [5.41, 5.74) is -0.0464. The molecule has 2 saturated heterocycles. The summed E-state index contributed by atoms with van der Waals surface area (Å²) in [5.74, 6) is -3.75. The van der Waals surface area contributed by atoms with Crippen molar-refractivity contribution in [2.75, 3.05) is 19.7 Å². The number of cyclic esters (lactones) is 1. The predicted octanol–water partition coefficient (Wildman–Crippen LogP) is 0.147. The number of carbonyl (C=O) groups is 4. The number of aromatic nitrogens is 3. The van der Waals surface area contributed by atoms with E-state index in [1.54, 1.807) is 47.7 Å². The van der Waals surface area contributed by atoms with Gasteiger partial charge in [0.25, 0.3) is 5.91 Å². The number of hydrogen-bond acceptors (Lipinski definition) is 9. The molecule has 7 atom stereocenters. The Hall–Kier alpha value is -4.10. The van der Waals surface area contributed by atoms with E-state index in [0.717, 1.165) is 5.52 Å². The summed E-state index contributed by atoms with van der Waals surface area (Å²) in [6.45, 7) is 3.36. The van der Waals surface area contributed by atoms with Gasteiger partial charge in [-0.05, 0) is 32.4 Å². The van der Waals surface area contributed by atoms with Crippen LogP contribution in [0, 0.1) is 11.8 Å². The lowest BCUT2D eigenvalue weighted by Crippen LogP contribution is -2.57. The molecular formula is C29H34N6O7. The Bertz CT molecular complexity index is 1470. The van der Waals surface area contributed by atoms with Crippen LogP contribution in [-0.4, -0.2) is 103 Å². The molecule has 4 aliphatic rings. The van der Waals surface area contributed by atoms with Gasteiger partial charge in [0.1, 0.15) is 35.9 Å². The molecule has 0 radical (unpaired) electrons. The third-order valence-corrected chi connectivity index (χ3v) is 8.52. The summed E-state index contributed by atoms with van der Waals surface area (Å²) in [4.78, 5) is 57.3. The van der Waals surface area contributed by atoms with E-state index < -0.39 is 59.5 Å². The summed E-state index contributed by atoms with van der Waals surface area (Å²) < 4.78 is 13.9. The second kappa shape index (κ2) is 11.0. The Kier molecular flexibility index (Phi) is 7.31. The molecule has 0 unspecified atom stereocenters. The molecule has 3 amide bonds. The summed E-state index contributed by atoms with van der Waals surface area (Å²) in [6, 6.07) is 5.54. The van der Waals surface area contributed by atoms with Gasteiger partial charge in [0.05, 0.1) is 36.7 Å². The van der Waals surface area contributed by atoms with E-state index in [1.807, 2.05) is 24.3 Å². The molecule has 6 rings (SSSR count). The smallest absolute Gasteiger partial charge is 0.313 e. The van der Waals surface area contributed by atoms with Crippen LogP contribution in [0.2, 0.25) is 0 Å². The van der Waals surface area contributed by atoms with Gasteiger partial charge < -0.3 is 29.7 Å². The van der Waals surface area contributed by atoms with Crippen molar-refractivity contribution in [1.29, 1.82) is 0 Å². The fourth-order valence-corrected chi connectivity index (χ4v) is 6.52. The highest BCUT2D eigenvalue weighted by molar-refractivity contribution is 5.99. The maximum atomic E-state index is 14.4. The Balaban J connectivity index is 1.40. The molecule has 1 aromatic heterocycles. The topological polar surface area (TPSA) is 156 Å². The normalized spacial score (nSPS) is 33.2. The van der Waals surface area contributed by atoms with Crippen LogP contribution in [0.5, 0.6) is 0 Å². The highest BCUT2D eigenvalue weighted by Gasteiger charge is 2.72. The minimum Gasteiger partial charge on any atom is -0.460 e. The van der Waals surface area contributed by atoms with Crippen LogP contribution < -0.4 is 5.32 Å². The van der Waals surface area contributed by atoms with Crippen molar-refractivity contribution in [1.82, 2.24) is 30.1 Å². The number of para-hydroxylation sites is 1. The number of amides is 3. The molecular weight excluding hydrogens is 544 g/mol. The molecule has 42 heavy (non-hydrogen) atoms. The number of allylic oxidation sites excluding steroid dienone is 1. The largest absolute Gasteiger partial charge is 0.460 e. The first-order valence-electron chi connectivity index (χ1n) is 14.2. The van der Waals surface area contributed by atoms with Crippen LogP contribution in [0.4, 0.5) is 0 Å². The average Bonchev–Trinajstić information content (AvgIpc) is 3.57. The summed E-state index contributed by atoms with van der Waals surface area (Å²) in [7, 11) is 0. The standard InChI is InChI=1S/C29H34N6O7/c1-17(15-36)35-25-27(39)33(16-34-20-9-4-3-8-19(20)31-32-34)13-7-12-29(25)24(26(35)38)23-21(42-29)10-5-6-11-22(37)30-14-18(2)41-28(23)40/h3-5,7-10,12,17-18,21,23-25,36H,6,11,13-16H2,1-2H3,(H,30,37)/b10-5-/t17-,18+,21+,23-,24-,25+,29-/m1/s1. The number of rotatable bonds is 4. The molecule has 0 bridgehead atoms. The highest BCUT2D eigenvalue weighted by Crippen LogP contribution is 2.53. The molecule has 1 aromatic carbocycles. The number of ether oxygens (including phenoxy) is 2. The number of aliphatic hydroxyl groups excluding tert-OH is 1. The molecule has 2 aromatic rings. The number of benzene rings is 1. The van der Waals surface area contributed by atoms with Crippen LogP contribution in [0.3, 0.4) is 0 Å². The van der Waals surface area contributed by atoms with Gasteiger partial charge in [-0.15, -0.1) is 5.10 Å². The van der Waals surface area contributed by atoms with Gasteiger partial charge in [0.2, 0.25) is 11.8 Å². The molecule has 0 aliphatic carbocycles. The SMILES string of the molecule is C[C@H](CO)N1C(=O)[C@H]2[C@@H]3C(=O)O[C@@H](C)CNC(=O)CC/C=C\[C@@H]3O[C@]23C=CCN(Cn2nnc4ccccc42)C(=O)[C@H]13. The van der Waals surface area contributed by atoms with Crippen molar-refractivity contribution in [3.63, 3.8) is 0 Å². The lowest BCUT2D eigenvalue weighted by atomic mass is 9.78. The molecule has 4 aliphatic heterocycles. The number of esters is 1. The fraction of sp³-hybridized carbons (Fsp3) is 0.517. The molecule has 222 valence electrons. The molecule has 13 heteroatoms. The van der Waals surface area contributed by atoms with Crippen LogP contribution in [-0.2, 0) is 35.3 Å². The lowest BCUT2D eigenvalue weighted by Gasteiger charge is -2.37. The Labute approximate surface area is 242 Å². The van der Waals surface area contributed by atoms with Gasteiger partial charge in [0.15, 0.2) is 0 Å². The first-order valence-corrected chi connectivity index (χ1v) is 14.2. The number of likely N-dealkylation sites (tertiary alicyclic amines) is 1. The third-order valence-electron chi connectivity index (χ3n) is 8.52. The minimum atomic E-state index is -1.48. The quantitative estimate of drug-likeness (QED) is 0.381. The maximum absolute atomic E-state index is 14.4. The van der Waals surface area contributed by atoms with Crippen LogP contribution in [0.1, 0.15) is 26.7 Å². The minimum absolute atomic E-state index is 0.0732. The van der Waals surface area contributed by atoms with Crippen molar-refractivity contribution in [3.05, 3.63) is 48.6 Å². The van der Waals surface area contributed by atoms with Gasteiger partial charge in [-0.1, -0.05) is 41.7 Å². The van der Waals surface area contributed by atoms with Gasteiger partial charge in [0, 0.05) is 13.0 Å². The predicted molar refractivity (Wildman–Crippen MR) is 147 cm³/mol. The molecule has 1 spiro atoms. The van der Waals surface area contributed by atoms with Gasteiger partial charge in [-0.3, -0.25) is 19.2 Å². The zero-order valence-electron chi connectivity index (χ0n) is 23.5. The first kappa shape index (κ1) is 28.0. The second-order valence-electron chi connectivity index (χ2n) is 11.3. The molecule has 2 fully saturated rings. The van der Waals surface area contributed by atoms with Gasteiger partial charge >= 0.3 is 5.97 Å². The Morgan fingerprint density at radius 2 is 1.98 bits per heavy atom. The second-order valence-corrected chi connectivity index (χ2v) is 11.3. The molecule has 0 saturated carbocycles. The van der Waals surface area contributed by atoms with E-state index >= 15 is 0 Å². The summed E-state index contributed by atoms with van der Waals surface area (Å²) in [6.07, 6.45) is 6.10. The zero-order chi connectivity index (χ0) is 29.6. The van der Waals surface area contributed by atoms with E-state index in [2.05, 4.69) is 15.6 Å². The summed E-state index contributed by atoms with van der Waals surface area (Å²) >= 11 is 0. The van der Waals surface area contributed by atoms with E-state index in [-0.39, 0.29) is 38.7 Å². The average molecular weight is 579 g/mol. The number of aliphatic hydroxyl groups is 1. The first-order chi connectivity index (χ1) is 20.2. The monoisotopic (exact) mass is 578 g/mol. The van der Waals surface area contributed by atoms with Crippen LogP contribution in [0.15, 0.2) is 48.6 Å². The zero-order valence-corrected chi connectivity index (χ0v) is 23.5. The fourth-order valence-electron chi connectivity index (χ4n) is 6.52. The van der Waals surface area contributed by atoms with Gasteiger partial charge in [-0.2, -0.15) is 0 Å². The van der Waals surface area contributed by atoms with Crippen molar-refractivity contribution >= 4 is 34.7 Å². The summed E-state index contributed by atoms with van der Waals surface area (Å²) in [5, 5.41) is 21.3. The Morgan fingerprint density at radius 3 is 2.79 bits per heavy atom. The third kappa shape index (κ3) is 4.56. The highest BCUT2D eigenvalue weighted by atomic mass is 16.6. The number of carbonyl (C=O) groups excluding carboxylic acids is 4. The van der Waals surface area contributed by atoms with Crippen molar-refractivity contribution in [2.45, 2.75) is 63.3 Å². The number of nitrogens with one attached hydrogen (secondary N) is 1. The number of hydrogen-bond donors (Lipinski definition) is 2. The number of fused-ring (bicyclic) bond motifs is 3. The maximum Gasteiger partial charge on any atom is 0.313 e. The van der Waals surface area contributed by atoms with Crippen molar-refractivity contribution in [3.8, 4) is 0 Å². The van der Waals surface area contributed by atoms with Crippen molar-refractivity contribution in [2.24, 2.45) is 11.8 Å². The van der Waals surface area contributed by atoms with E-state index in [0.29, 0.717) is 11.9 Å². The van der Waals surface area contributed by atoms with E-state index in [4.69, 9.17) is 9.47 Å². The lowest BCUT2D eigenvalue weighted by molar-refractivity contribution is -0.159. The van der Waals surface area contributed by atoms with E-state index in [1.165, 1.54) is 4.90 Å². The van der Waals surface area contributed by atoms with Crippen molar-refractivity contribution < 1.29 is 33.8 Å².